The molecule has 0 spiro atoms. The van der Waals surface area contributed by atoms with Crippen LogP contribution in [0.4, 0.5) is 17.2 Å². The number of nitrogens with zero attached hydrogens (tertiary/aromatic N) is 2. The smallest absolute Gasteiger partial charge is 0.262 e. The second kappa shape index (κ2) is 10.9. The molecule has 35 heavy (non-hydrogen) atoms. The zero-order valence-electron chi connectivity index (χ0n) is 19.4. The summed E-state index contributed by atoms with van der Waals surface area (Å²) in [6.45, 7) is 7.76. The number of anilines is 3. The quantitative estimate of drug-likeness (QED) is 0.346. The highest BCUT2D eigenvalue weighted by Gasteiger charge is 2.29. The van der Waals surface area contributed by atoms with E-state index >= 15 is 0 Å². The van der Waals surface area contributed by atoms with Gasteiger partial charge in [0, 0.05) is 35.6 Å². The van der Waals surface area contributed by atoms with Gasteiger partial charge in [0.2, 0.25) is 0 Å². The van der Waals surface area contributed by atoms with E-state index in [9.17, 15) is 8.42 Å². The first-order valence-corrected chi connectivity index (χ1v) is 13.5. The second-order valence-corrected chi connectivity index (χ2v) is 10.4. The molecule has 0 bridgehead atoms. The molecule has 1 aliphatic heterocycles. The average Bonchev–Trinajstić information content (AvgIpc) is 2.83. The third-order valence-corrected chi connectivity index (χ3v) is 7.68. The van der Waals surface area contributed by atoms with Crippen molar-refractivity contribution in [2.24, 2.45) is 0 Å². The Balaban J connectivity index is 1.49. The monoisotopic (exact) mass is 532 g/mol. The molecule has 0 fully saturated rings. The molecular formula is C25H26Cl2N4O3S. The first-order chi connectivity index (χ1) is 16.8. The third kappa shape index (κ3) is 5.90. The van der Waals surface area contributed by atoms with Gasteiger partial charge in [-0.2, -0.15) is 0 Å². The minimum absolute atomic E-state index is 0.000285. The molecule has 2 heterocycles. The molecule has 0 amide bonds. The summed E-state index contributed by atoms with van der Waals surface area (Å²) in [6, 6.07) is 14.0. The molecule has 10 heteroatoms. The Labute approximate surface area is 215 Å². The minimum atomic E-state index is -3.88. The predicted molar refractivity (Wildman–Crippen MR) is 144 cm³/mol. The van der Waals surface area contributed by atoms with Crippen molar-refractivity contribution in [3.8, 4) is 5.75 Å². The number of benzene rings is 2. The van der Waals surface area contributed by atoms with Crippen LogP contribution in [0.5, 0.6) is 5.75 Å². The fourth-order valence-corrected chi connectivity index (χ4v) is 5.77. The maximum Gasteiger partial charge on any atom is 0.262 e. The molecule has 0 saturated heterocycles. The second-order valence-electron chi connectivity index (χ2n) is 7.89. The maximum absolute atomic E-state index is 13.0. The van der Waals surface area contributed by atoms with Gasteiger partial charge in [0.05, 0.1) is 20.6 Å². The van der Waals surface area contributed by atoms with Crippen LogP contribution in [0.25, 0.3) is 11.0 Å². The van der Waals surface area contributed by atoms with Crippen molar-refractivity contribution in [1.29, 1.82) is 0 Å². The van der Waals surface area contributed by atoms with E-state index in [2.05, 4.69) is 33.8 Å². The van der Waals surface area contributed by atoms with E-state index in [-0.39, 0.29) is 20.5 Å². The number of rotatable bonds is 9. The van der Waals surface area contributed by atoms with Gasteiger partial charge in [-0.15, -0.1) is 0 Å². The number of halogens is 2. The van der Waals surface area contributed by atoms with Crippen LogP contribution in [0, 0.1) is 0 Å². The van der Waals surface area contributed by atoms with Crippen molar-refractivity contribution < 1.29 is 13.2 Å². The summed E-state index contributed by atoms with van der Waals surface area (Å²) in [4.78, 5) is 6.72. The molecule has 1 aliphatic rings. The summed E-state index contributed by atoms with van der Waals surface area (Å²) >= 11 is 12.5. The van der Waals surface area contributed by atoms with Crippen molar-refractivity contribution in [3.05, 3.63) is 75.9 Å². The lowest BCUT2D eigenvalue weighted by atomic mass is 10.1. The first kappa shape index (κ1) is 25.3. The molecule has 4 rings (SSSR count). The van der Waals surface area contributed by atoms with Crippen molar-refractivity contribution in [3.63, 3.8) is 0 Å². The molecule has 0 saturated carbocycles. The van der Waals surface area contributed by atoms with E-state index in [1.54, 1.807) is 30.5 Å². The zero-order chi connectivity index (χ0) is 25.0. The highest BCUT2D eigenvalue weighted by atomic mass is 35.5. The standard InChI is InChI=1S/C25H26Cl2N4O3S/c1-3-31(4-2)12-13-34-19-10-8-18(9-11-19)29-24-15-22-17(16-28-24)14-23(35(32,33)30-22)25-20(26)6-5-7-21(25)27/h5-11,14-16,30H,3-4,12-13H2,1-2H3,(H,28,29). The van der Waals surface area contributed by atoms with Crippen molar-refractivity contribution in [1.82, 2.24) is 9.88 Å². The van der Waals surface area contributed by atoms with E-state index in [1.807, 2.05) is 24.3 Å². The van der Waals surface area contributed by atoms with Crippen LogP contribution >= 0.6 is 23.2 Å². The Hall–Kier alpha value is -2.78. The van der Waals surface area contributed by atoms with E-state index in [0.29, 0.717) is 23.7 Å². The molecule has 3 aromatic rings. The normalized spacial score (nSPS) is 14.1. The van der Waals surface area contributed by atoms with E-state index in [4.69, 9.17) is 27.9 Å². The van der Waals surface area contributed by atoms with Crippen LogP contribution in [-0.4, -0.2) is 44.5 Å². The van der Waals surface area contributed by atoms with Gasteiger partial charge in [-0.3, -0.25) is 4.72 Å². The fourth-order valence-electron chi connectivity index (χ4n) is 3.71. The van der Waals surface area contributed by atoms with Crippen molar-refractivity contribution >= 4 is 61.4 Å². The van der Waals surface area contributed by atoms with Gasteiger partial charge in [-0.25, -0.2) is 13.4 Å². The summed E-state index contributed by atoms with van der Waals surface area (Å²) in [5.74, 6) is 1.28. The molecule has 0 atom stereocenters. The molecule has 1 aromatic heterocycles. The lowest BCUT2D eigenvalue weighted by Gasteiger charge is -2.21. The topological polar surface area (TPSA) is 83.6 Å². The highest BCUT2D eigenvalue weighted by molar-refractivity contribution is 8.02. The van der Waals surface area contributed by atoms with Crippen LogP contribution in [0.1, 0.15) is 25.0 Å². The number of fused-ring (bicyclic) bond motifs is 1. The number of sulfonamides is 1. The number of ether oxygens (including phenoxy) is 1. The van der Waals surface area contributed by atoms with Gasteiger partial charge >= 0.3 is 0 Å². The molecule has 0 radical (unpaired) electrons. The van der Waals surface area contributed by atoms with Crippen LogP contribution in [0.15, 0.2) is 54.7 Å². The largest absolute Gasteiger partial charge is 0.492 e. The predicted octanol–water partition coefficient (Wildman–Crippen LogP) is 6.11. The Bertz CT molecular complexity index is 1320. The lowest BCUT2D eigenvalue weighted by Crippen LogP contribution is -2.27. The third-order valence-electron chi connectivity index (χ3n) is 5.66. The van der Waals surface area contributed by atoms with Crippen LogP contribution in [-0.2, 0) is 10.0 Å². The number of nitrogens with one attached hydrogen (secondary N) is 2. The van der Waals surface area contributed by atoms with Crippen LogP contribution in [0.2, 0.25) is 10.0 Å². The Morgan fingerprint density at radius 2 is 1.74 bits per heavy atom. The highest BCUT2D eigenvalue weighted by Crippen LogP contribution is 2.40. The molecular weight excluding hydrogens is 507 g/mol. The summed E-state index contributed by atoms with van der Waals surface area (Å²) < 4.78 is 34.4. The first-order valence-electron chi connectivity index (χ1n) is 11.2. The fraction of sp³-hybridized carbons (Fsp3) is 0.240. The molecule has 0 unspecified atom stereocenters. The van der Waals surface area contributed by atoms with Crippen LogP contribution in [0.3, 0.4) is 0 Å². The summed E-state index contributed by atoms with van der Waals surface area (Å²) in [7, 11) is -3.88. The van der Waals surface area contributed by atoms with Gasteiger partial charge in [0.1, 0.15) is 18.2 Å². The van der Waals surface area contributed by atoms with Gasteiger partial charge in [0.25, 0.3) is 10.0 Å². The number of hydrogen-bond acceptors (Lipinski definition) is 6. The van der Waals surface area contributed by atoms with E-state index in [1.165, 1.54) is 6.08 Å². The summed E-state index contributed by atoms with van der Waals surface area (Å²) in [5, 5.41) is 3.70. The Morgan fingerprint density at radius 3 is 2.40 bits per heavy atom. The SMILES string of the molecule is CCN(CC)CCOc1ccc(Nc2cc3c(cn2)C=C(c2c(Cl)cccc2Cl)S(=O)(=O)N3)cc1. The minimum Gasteiger partial charge on any atom is -0.492 e. The molecule has 2 aromatic carbocycles. The summed E-state index contributed by atoms with van der Waals surface area (Å²) in [5.41, 5.74) is 2.07. The maximum atomic E-state index is 13.0. The van der Waals surface area contributed by atoms with Crippen molar-refractivity contribution in [2.75, 3.05) is 36.3 Å². The number of hydrogen-bond donors (Lipinski definition) is 2. The Kier molecular flexibility index (Phi) is 7.86. The average molecular weight is 533 g/mol. The molecule has 184 valence electrons. The van der Waals surface area contributed by atoms with Crippen molar-refractivity contribution in [2.45, 2.75) is 13.8 Å². The van der Waals surface area contributed by atoms with E-state index < -0.39 is 10.0 Å². The lowest BCUT2D eigenvalue weighted by molar-refractivity contribution is 0.223. The number of aromatic nitrogens is 1. The molecule has 2 N–H and O–H groups in total. The Morgan fingerprint density at radius 1 is 1.06 bits per heavy atom. The van der Waals surface area contributed by atoms with Gasteiger partial charge in [-0.1, -0.05) is 43.1 Å². The summed E-state index contributed by atoms with van der Waals surface area (Å²) in [6.07, 6.45) is 3.12. The zero-order valence-corrected chi connectivity index (χ0v) is 21.7. The van der Waals surface area contributed by atoms with Gasteiger partial charge < -0.3 is 15.0 Å². The molecule has 7 nitrogen and oxygen atoms in total. The van der Waals surface area contributed by atoms with Gasteiger partial charge in [0.15, 0.2) is 0 Å². The number of likely N-dealkylation sites (N-methyl/N-ethyl adjacent to an activating group) is 1. The van der Waals surface area contributed by atoms with Crippen LogP contribution < -0.4 is 14.8 Å². The van der Waals surface area contributed by atoms with E-state index in [0.717, 1.165) is 31.1 Å². The van der Waals surface area contributed by atoms with Gasteiger partial charge in [-0.05, 0) is 55.6 Å². The molecule has 0 aliphatic carbocycles. The number of pyridine rings is 1.